The molecule has 0 aromatic rings. The van der Waals surface area contributed by atoms with Gasteiger partial charge in [0, 0.05) is 12.1 Å². The second kappa shape index (κ2) is 3.78. The molecule has 1 nitrogen and oxygen atoms in total. The molecule has 2 aliphatic carbocycles. The fourth-order valence-electron chi connectivity index (χ4n) is 2.79. The molecule has 2 atom stereocenters. The van der Waals surface area contributed by atoms with Crippen molar-refractivity contribution in [3.05, 3.63) is 0 Å². The van der Waals surface area contributed by atoms with Crippen molar-refractivity contribution in [2.45, 2.75) is 64.0 Å². The van der Waals surface area contributed by atoms with Gasteiger partial charge in [0.25, 0.3) is 0 Å². The predicted octanol–water partition coefficient (Wildman–Crippen LogP) is 2.71. The van der Waals surface area contributed by atoms with Gasteiger partial charge in [0.1, 0.15) is 0 Å². The van der Waals surface area contributed by atoms with E-state index in [0.29, 0.717) is 0 Å². The van der Waals surface area contributed by atoms with Crippen molar-refractivity contribution < 1.29 is 0 Å². The van der Waals surface area contributed by atoms with E-state index in [4.69, 9.17) is 0 Å². The minimum Gasteiger partial charge on any atom is -0.311 e. The molecule has 0 bridgehead atoms. The van der Waals surface area contributed by atoms with E-state index >= 15 is 0 Å². The third-order valence-electron chi connectivity index (χ3n) is 3.67. The van der Waals surface area contributed by atoms with Crippen LogP contribution >= 0.6 is 0 Å². The monoisotopic (exact) mass is 167 g/mol. The highest BCUT2D eigenvalue weighted by Crippen LogP contribution is 2.27. The lowest BCUT2D eigenvalue weighted by Gasteiger charge is -2.22. The maximum Gasteiger partial charge on any atom is 0.00952 e. The summed E-state index contributed by atoms with van der Waals surface area (Å²) in [5.41, 5.74) is 0. The van der Waals surface area contributed by atoms with Gasteiger partial charge in [-0.25, -0.2) is 0 Å². The molecule has 2 aliphatic rings. The Morgan fingerprint density at radius 1 is 0.917 bits per heavy atom. The summed E-state index contributed by atoms with van der Waals surface area (Å²) in [6.07, 6.45) is 10.1. The maximum atomic E-state index is 3.83. The summed E-state index contributed by atoms with van der Waals surface area (Å²) >= 11 is 0. The van der Waals surface area contributed by atoms with Gasteiger partial charge >= 0.3 is 0 Å². The van der Waals surface area contributed by atoms with Crippen LogP contribution in [0.1, 0.15) is 51.9 Å². The largest absolute Gasteiger partial charge is 0.311 e. The van der Waals surface area contributed by atoms with Gasteiger partial charge < -0.3 is 5.32 Å². The Hall–Kier alpha value is -0.0400. The molecule has 0 saturated heterocycles. The average Bonchev–Trinajstić information content (AvgIpc) is 2.65. The smallest absolute Gasteiger partial charge is 0.00952 e. The van der Waals surface area contributed by atoms with Crippen molar-refractivity contribution in [1.82, 2.24) is 5.32 Å². The van der Waals surface area contributed by atoms with Gasteiger partial charge in [0.2, 0.25) is 0 Å². The van der Waals surface area contributed by atoms with Crippen LogP contribution in [-0.4, -0.2) is 12.1 Å². The molecular formula is C11H21N. The third kappa shape index (κ3) is 1.82. The molecule has 70 valence electrons. The predicted molar refractivity (Wildman–Crippen MR) is 52.2 cm³/mol. The second-order valence-corrected chi connectivity index (χ2v) is 4.66. The highest BCUT2D eigenvalue weighted by atomic mass is 15.0. The van der Waals surface area contributed by atoms with E-state index in [1.54, 1.807) is 0 Å². The van der Waals surface area contributed by atoms with Crippen LogP contribution < -0.4 is 5.32 Å². The molecule has 1 N–H and O–H groups in total. The lowest BCUT2D eigenvalue weighted by atomic mass is 10.1. The molecule has 0 aromatic heterocycles. The molecule has 12 heavy (non-hydrogen) atoms. The van der Waals surface area contributed by atoms with E-state index < -0.39 is 0 Å². The van der Waals surface area contributed by atoms with Crippen LogP contribution in [0.5, 0.6) is 0 Å². The summed E-state index contributed by atoms with van der Waals surface area (Å²) in [6.45, 7) is 2.40. The first-order valence-corrected chi connectivity index (χ1v) is 5.62. The highest BCUT2D eigenvalue weighted by molar-refractivity contribution is 4.85. The summed E-state index contributed by atoms with van der Waals surface area (Å²) in [5.74, 6) is 0.936. The zero-order valence-corrected chi connectivity index (χ0v) is 8.18. The molecule has 2 saturated carbocycles. The molecule has 0 aromatic carbocycles. The summed E-state index contributed by atoms with van der Waals surface area (Å²) in [4.78, 5) is 0. The molecule has 0 heterocycles. The Bertz CT molecular complexity index is 138. The molecule has 2 fully saturated rings. The highest BCUT2D eigenvalue weighted by Gasteiger charge is 2.26. The standard InChI is InChI=1S/C11H21N/c1-9-5-4-8-11(9)12-10-6-2-3-7-10/h9-12H,2-8H2,1H3. The van der Waals surface area contributed by atoms with Gasteiger partial charge in [-0.3, -0.25) is 0 Å². The molecule has 2 unspecified atom stereocenters. The Morgan fingerprint density at radius 3 is 2.25 bits per heavy atom. The van der Waals surface area contributed by atoms with Crippen molar-refractivity contribution in [1.29, 1.82) is 0 Å². The topological polar surface area (TPSA) is 12.0 Å². The van der Waals surface area contributed by atoms with Crippen LogP contribution in [0.2, 0.25) is 0 Å². The zero-order valence-electron chi connectivity index (χ0n) is 8.18. The van der Waals surface area contributed by atoms with Crippen molar-refractivity contribution in [3.8, 4) is 0 Å². The first-order chi connectivity index (χ1) is 5.86. The van der Waals surface area contributed by atoms with Crippen molar-refractivity contribution in [3.63, 3.8) is 0 Å². The van der Waals surface area contributed by atoms with Gasteiger partial charge in [0.05, 0.1) is 0 Å². The van der Waals surface area contributed by atoms with Gasteiger partial charge in [-0.15, -0.1) is 0 Å². The molecule has 1 heteroatoms. The molecule has 2 rings (SSSR count). The van der Waals surface area contributed by atoms with Crippen molar-refractivity contribution in [2.24, 2.45) is 5.92 Å². The molecule has 0 radical (unpaired) electrons. The van der Waals surface area contributed by atoms with Crippen LogP contribution in [0.3, 0.4) is 0 Å². The first kappa shape index (κ1) is 8.55. The zero-order chi connectivity index (χ0) is 8.39. The Kier molecular flexibility index (Phi) is 2.69. The van der Waals surface area contributed by atoms with E-state index in [1.165, 1.54) is 44.9 Å². The van der Waals surface area contributed by atoms with E-state index in [2.05, 4.69) is 12.2 Å². The first-order valence-electron chi connectivity index (χ1n) is 5.62. The van der Waals surface area contributed by atoms with E-state index in [1.807, 2.05) is 0 Å². The van der Waals surface area contributed by atoms with E-state index in [9.17, 15) is 0 Å². The number of rotatable bonds is 2. The lowest BCUT2D eigenvalue weighted by Crippen LogP contribution is -2.38. The fourth-order valence-corrected chi connectivity index (χ4v) is 2.79. The Balaban J connectivity index is 1.77. The van der Waals surface area contributed by atoms with Gasteiger partial charge in [-0.1, -0.05) is 26.2 Å². The number of hydrogen-bond donors (Lipinski definition) is 1. The maximum absolute atomic E-state index is 3.83. The molecule has 0 spiro atoms. The van der Waals surface area contributed by atoms with Gasteiger partial charge in [-0.05, 0) is 31.6 Å². The third-order valence-corrected chi connectivity index (χ3v) is 3.67. The summed E-state index contributed by atoms with van der Waals surface area (Å²) in [5, 5.41) is 3.83. The van der Waals surface area contributed by atoms with Gasteiger partial charge in [-0.2, -0.15) is 0 Å². The van der Waals surface area contributed by atoms with Crippen LogP contribution in [0.25, 0.3) is 0 Å². The minimum absolute atomic E-state index is 0.855. The van der Waals surface area contributed by atoms with Crippen LogP contribution in [0.15, 0.2) is 0 Å². The van der Waals surface area contributed by atoms with Gasteiger partial charge in [0.15, 0.2) is 0 Å². The van der Waals surface area contributed by atoms with Crippen LogP contribution in [-0.2, 0) is 0 Å². The van der Waals surface area contributed by atoms with Crippen LogP contribution in [0, 0.1) is 5.92 Å². The van der Waals surface area contributed by atoms with Crippen molar-refractivity contribution in [2.75, 3.05) is 0 Å². The minimum atomic E-state index is 0.855. The molecule has 0 aliphatic heterocycles. The Morgan fingerprint density at radius 2 is 1.67 bits per heavy atom. The summed E-state index contributed by atoms with van der Waals surface area (Å²) in [6, 6.07) is 1.73. The SMILES string of the molecule is CC1CCCC1NC1CCCC1. The average molecular weight is 167 g/mol. The lowest BCUT2D eigenvalue weighted by molar-refractivity contribution is 0.373. The fraction of sp³-hybridized carbons (Fsp3) is 1.00. The Labute approximate surface area is 75.9 Å². The van der Waals surface area contributed by atoms with Crippen molar-refractivity contribution >= 4 is 0 Å². The quantitative estimate of drug-likeness (QED) is 0.667. The van der Waals surface area contributed by atoms with E-state index in [0.717, 1.165) is 18.0 Å². The van der Waals surface area contributed by atoms with Crippen LogP contribution in [0.4, 0.5) is 0 Å². The molecular weight excluding hydrogens is 146 g/mol. The van der Waals surface area contributed by atoms with E-state index in [-0.39, 0.29) is 0 Å². The second-order valence-electron chi connectivity index (χ2n) is 4.66. The normalized spacial score (nSPS) is 37.8. The number of hydrogen-bond acceptors (Lipinski definition) is 1. The number of nitrogens with one attached hydrogen (secondary N) is 1. The summed E-state index contributed by atoms with van der Waals surface area (Å²) < 4.78 is 0. The molecule has 0 amide bonds. The summed E-state index contributed by atoms with van der Waals surface area (Å²) in [7, 11) is 0.